The Labute approximate surface area is 142 Å². The van der Waals surface area contributed by atoms with E-state index in [1.165, 1.54) is 11.3 Å². The fourth-order valence-corrected chi connectivity index (χ4v) is 3.09. The molecule has 0 bridgehead atoms. The van der Waals surface area contributed by atoms with Gasteiger partial charge >= 0.3 is 0 Å². The lowest BCUT2D eigenvalue weighted by atomic mass is 10.3. The number of anilines is 1. The summed E-state index contributed by atoms with van der Waals surface area (Å²) < 4.78 is 6.49. The van der Waals surface area contributed by atoms with E-state index in [9.17, 15) is 4.79 Å². The number of amides is 1. The van der Waals surface area contributed by atoms with E-state index in [0.717, 1.165) is 9.48 Å². The number of halogens is 1. The zero-order valence-corrected chi connectivity index (χ0v) is 14.8. The Balaban J connectivity index is 2.11. The minimum absolute atomic E-state index is 0.0650. The number of nitrogens with two attached hydrogens (primary N) is 1. The van der Waals surface area contributed by atoms with Gasteiger partial charge in [-0.05, 0) is 32.5 Å². The van der Waals surface area contributed by atoms with E-state index in [-0.39, 0.29) is 12.0 Å². The summed E-state index contributed by atoms with van der Waals surface area (Å²) in [4.78, 5) is 16.5. The number of benzene rings is 1. The minimum atomic E-state index is -0.242. The number of carbonyl (C=O) groups is 1. The van der Waals surface area contributed by atoms with Crippen LogP contribution < -0.4 is 15.8 Å². The van der Waals surface area contributed by atoms with Crippen molar-refractivity contribution < 1.29 is 9.53 Å². The number of nitrogens with zero attached hydrogens (tertiary/aromatic N) is 1. The van der Waals surface area contributed by atoms with Crippen LogP contribution in [0.15, 0.2) is 28.1 Å². The Bertz CT molecular complexity index is 658. The molecule has 2 aromatic rings. The molecule has 2 rings (SSSR count). The number of ether oxygens (including phenoxy) is 1. The summed E-state index contributed by atoms with van der Waals surface area (Å²) in [5.74, 6) is 0.454. The molecule has 0 saturated carbocycles. The van der Waals surface area contributed by atoms with Crippen LogP contribution >= 0.6 is 27.3 Å². The van der Waals surface area contributed by atoms with Gasteiger partial charge in [0.25, 0.3) is 5.91 Å². The summed E-state index contributed by atoms with van der Waals surface area (Å²) in [7, 11) is 0. The van der Waals surface area contributed by atoms with Crippen LogP contribution in [-0.4, -0.2) is 23.5 Å². The van der Waals surface area contributed by atoms with Gasteiger partial charge in [-0.15, -0.1) is 11.3 Å². The van der Waals surface area contributed by atoms with Gasteiger partial charge < -0.3 is 15.8 Å². The Morgan fingerprint density at radius 1 is 1.45 bits per heavy atom. The number of thiazole rings is 1. The predicted octanol–water partition coefficient (Wildman–Crippen LogP) is 3.45. The molecule has 3 N–H and O–H groups in total. The summed E-state index contributed by atoms with van der Waals surface area (Å²) in [5, 5.41) is 5.44. The van der Waals surface area contributed by atoms with Crippen molar-refractivity contribution >= 4 is 38.9 Å². The lowest BCUT2D eigenvalue weighted by Crippen LogP contribution is -2.13. The molecule has 0 fully saturated rings. The maximum atomic E-state index is 12.2. The first-order valence-electron chi connectivity index (χ1n) is 6.91. The second kappa shape index (κ2) is 7.71. The molecule has 1 aromatic carbocycles. The van der Waals surface area contributed by atoms with Crippen LogP contribution in [0.1, 0.15) is 29.3 Å². The van der Waals surface area contributed by atoms with Crippen molar-refractivity contribution in [1.29, 1.82) is 0 Å². The molecule has 0 unspecified atom stereocenters. The van der Waals surface area contributed by atoms with Crippen LogP contribution in [0.2, 0.25) is 0 Å². The summed E-state index contributed by atoms with van der Waals surface area (Å²) in [6.07, 6.45) is 0.747. The third kappa shape index (κ3) is 4.79. The topological polar surface area (TPSA) is 77.2 Å². The fraction of sp³-hybridized carbons (Fsp3) is 0.333. The average molecular weight is 384 g/mol. The molecule has 0 aliphatic heterocycles. The van der Waals surface area contributed by atoms with Crippen LogP contribution in [-0.2, 0) is 6.42 Å². The van der Waals surface area contributed by atoms with Gasteiger partial charge in [-0.25, -0.2) is 4.98 Å². The van der Waals surface area contributed by atoms with E-state index in [0.29, 0.717) is 30.1 Å². The second-order valence-corrected chi connectivity index (χ2v) is 6.82. The lowest BCUT2D eigenvalue weighted by Gasteiger charge is -2.12. The van der Waals surface area contributed by atoms with Crippen molar-refractivity contribution in [2.45, 2.75) is 26.4 Å². The van der Waals surface area contributed by atoms with Gasteiger partial charge in [0.2, 0.25) is 0 Å². The van der Waals surface area contributed by atoms with Crippen LogP contribution in [0.25, 0.3) is 0 Å². The number of aromatic nitrogens is 1. The first-order valence-corrected chi connectivity index (χ1v) is 8.58. The maximum Gasteiger partial charge on any atom is 0.275 e. The third-order valence-electron chi connectivity index (χ3n) is 2.64. The highest BCUT2D eigenvalue weighted by molar-refractivity contribution is 9.10. The van der Waals surface area contributed by atoms with Crippen molar-refractivity contribution in [1.82, 2.24) is 4.98 Å². The van der Waals surface area contributed by atoms with Gasteiger partial charge in [-0.2, -0.15) is 0 Å². The molecular weight excluding hydrogens is 366 g/mol. The first-order chi connectivity index (χ1) is 10.5. The number of hydrogen-bond donors (Lipinski definition) is 2. The molecule has 22 heavy (non-hydrogen) atoms. The Morgan fingerprint density at radius 3 is 2.91 bits per heavy atom. The van der Waals surface area contributed by atoms with Crippen molar-refractivity contribution in [3.05, 3.63) is 38.8 Å². The molecule has 1 amide bonds. The monoisotopic (exact) mass is 383 g/mol. The van der Waals surface area contributed by atoms with Crippen LogP contribution in [0, 0.1) is 0 Å². The lowest BCUT2D eigenvalue weighted by molar-refractivity contribution is 0.102. The average Bonchev–Trinajstić information content (AvgIpc) is 2.86. The summed E-state index contributed by atoms with van der Waals surface area (Å²) in [5.41, 5.74) is 6.55. The fourth-order valence-electron chi connectivity index (χ4n) is 1.82. The van der Waals surface area contributed by atoms with Crippen LogP contribution in [0.5, 0.6) is 5.75 Å². The molecule has 7 heteroatoms. The molecule has 0 spiro atoms. The van der Waals surface area contributed by atoms with Crippen LogP contribution in [0.4, 0.5) is 5.69 Å². The SMILES string of the molecule is CC(C)Oc1cc(Br)cc(NC(=O)c2csc(CCN)n2)c1. The number of nitrogens with one attached hydrogen (secondary N) is 1. The second-order valence-electron chi connectivity index (χ2n) is 4.96. The summed E-state index contributed by atoms with van der Waals surface area (Å²) in [6.45, 7) is 4.43. The number of rotatable bonds is 6. The van der Waals surface area contributed by atoms with E-state index in [4.69, 9.17) is 10.5 Å². The molecule has 0 radical (unpaired) electrons. The van der Waals surface area contributed by atoms with Crippen molar-refractivity contribution in [2.24, 2.45) is 5.73 Å². The van der Waals surface area contributed by atoms with E-state index in [2.05, 4.69) is 26.2 Å². The van der Waals surface area contributed by atoms with Gasteiger partial charge in [0.1, 0.15) is 11.4 Å². The minimum Gasteiger partial charge on any atom is -0.491 e. The molecule has 1 heterocycles. The van der Waals surface area contributed by atoms with Gasteiger partial charge in [0, 0.05) is 28.0 Å². The number of carbonyl (C=O) groups excluding carboxylic acids is 1. The molecule has 118 valence electrons. The molecule has 0 aliphatic carbocycles. The van der Waals surface area contributed by atoms with Crippen molar-refractivity contribution in [3.8, 4) is 5.75 Å². The van der Waals surface area contributed by atoms with E-state index >= 15 is 0 Å². The van der Waals surface area contributed by atoms with Gasteiger partial charge in [-0.3, -0.25) is 4.79 Å². The highest BCUT2D eigenvalue weighted by atomic mass is 79.9. The van der Waals surface area contributed by atoms with Gasteiger partial charge in [0.15, 0.2) is 0 Å². The maximum absolute atomic E-state index is 12.2. The molecule has 1 aromatic heterocycles. The largest absolute Gasteiger partial charge is 0.491 e. The normalized spacial score (nSPS) is 10.8. The molecule has 0 atom stereocenters. The third-order valence-corrected chi connectivity index (χ3v) is 4.01. The smallest absolute Gasteiger partial charge is 0.275 e. The number of hydrogen-bond acceptors (Lipinski definition) is 5. The quantitative estimate of drug-likeness (QED) is 0.800. The summed E-state index contributed by atoms with van der Waals surface area (Å²) >= 11 is 4.86. The first kappa shape index (κ1) is 16.9. The Kier molecular flexibility index (Phi) is 5.93. The van der Waals surface area contributed by atoms with Crippen molar-refractivity contribution in [2.75, 3.05) is 11.9 Å². The standard InChI is InChI=1S/C15H18BrN3O2S/c1-9(2)21-12-6-10(16)5-11(7-12)18-15(20)13-8-22-14(19-13)3-4-17/h5-9H,3-4,17H2,1-2H3,(H,18,20). The predicted molar refractivity (Wildman–Crippen MR) is 92.7 cm³/mol. The van der Waals surface area contributed by atoms with Gasteiger partial charge in [0.05, 0.1) is 11.1 Å². The molecule has 0 saturated heterocycles. The molecular formula is C15H18BrN3O2S. The van der Waals surface area contributed by atoms with E-state index in [1.54, 1.807) is 11.4 Å². The zero-order chi connectivity index (χ0) is 16.1. The van der Waals surface area contributed by atoms with Crippen LogP contribution in [0.3, 0.4) is 0 Å². The van der Waals surface area contributed by atoms with Crippen molar-refractivity contribution in [3.63, 3.8) is 0 Å². The molecule has 5 nitrogen and oxygen atoms in total. The highest BCUT2D eigenvalue weighted by Gasteiger charge is 2.12. The Hall–Kier alpha value is -1.44. The van der Waals surface area contributed by atoms with E-state index in [1.807, 2.05) is 26.0 Å². The zero-order valence-electron chi connectivity index (χ0n) is 12.4. The Morgan fingerprint density at radius 2 is 2.23 bits per heavy atom. The van der Waals surface area contributed by atoms with E-state index < -0.39 is 0 Å². The molecule has 0 aliphatic rings. The highest BCUT2D eigenvalue weighted by Crippen LogP contribution is 2.26. The van der Waals surface area contributed by atoms with Gasteiger partial charge in [-0.1, -0.05) is 15.9 Å². The summed E-state index contributed by atoms with van der Waals surface area (Å²) in [6, 6.07) is 5.46.